The van der Waals surface area contributed by atoms with Crippen LogP contribution < -0.4 is 0 Å². The number of hydrogen-bond donors (Lipinski definition) is 0. The number of hydrogen-bond acceptors (Lipinski definition) is 2. The standard InChI is InChI=1S/C9H14O2/c1-6(2)8(10)9(11-3)7-4-5-7/h7,9H,1,4-5H2,2-3H3. The van der Waals surface area contributed by atoms with Gasteiger partial charge in [-0.3, -0.25) is 4.79 Å². The first-order valence-corrected chi connectivity index (χ1v) is 3.89. The molecule has 0 aromatic rings. The van der Waals surface area contributed by atoms with Crippen LogP contribution in [0, 0.1) is 5.92 Å². The highest BCUT2D eigenvalue weighted by atomic mass is 16.5. The smallest absolute Gasteiger partial charge is 0.186 e. The Labute approximate surface area is 67.2 Å². The van der Waals surface area contributed by atoms with Gasteiger partial charge >= 0.3 is 0 Å². The van der Waals surface area contributed by atoms with Crippen molar-refractivity contribution in [3.05, 3.63) is 12.2 Å². The van der Waals surface area contributed by atoms with Crippen LogP contribution in [0.5, 0.6) is 0 Å². The molecule has 0 saturated heterocycles. The van der Waals surface area contributed by atoms with Crippen LogP contribution in [0.2, 0.25) is 0 Å². The highest BCUT2D eigenvalue weighted by Gasteiger charge is 2.36. The van der Waals surface area contributed by atoms with Crippen LogP contribution in [0.15, 0.2) is 12.2 Å². The van der Waals surface area contributed by atoms with Gasteiger partial charge in [0, 0.05) is 7.11 Å². The maximum atomic E-state index is 11.3. The Balaban J connectivity index is 2.53. The molecule has 1 rings (SSSR count). The number of ether oxygens (including phenoxy) is 1. The molecule has 0 aromatic heterocycles. The minimum absolute atomic E-state index is 0.0648. The number of rotatable bonds is 4. The average molecular weight is 154 g/mol. The highest BCUT2D eigenvalue weighted by molar-refractivity contribution is 5.98. The first-order valence-electron chi connectivity index (χ1n) is 3.89. The van der Waals surface area contributed by atoms with Crippen molar-refractivity contribution in [2.24, 2.45) is 5.92 Å². The zero-order chi connectivity index (χ0) is 8.43. The zero-order valence-electron chi connectivity index (χ0n) is 7.09. The highest BCUT2D eigenvalue weighted by Crippen LogP contribution is 2.35. The number of Topliss-reactive ketones (excluding diaryl/α,β-unsaturated/α-hetero) is 1. The van der Waals surface area contributed by atoms with Gasteiger partial charge in [0.2, 0.25) is 0 Å². The Kier molecular flexibility index (Phi) is 2.45. The number of carbonyl (C=O) groups excluding carboxylic acids is 1. The summed E-state index contributed by atoms with van der Waals surface area (Å²) in [7, 11) is 1.59. The third-order valence-corrected chi connectivity index (χ3v) is 1.98. The van der Waals surface area contributed by atoms with E-state index in [1.807, 2.05) is 0 Å². The van der Waals surface area contributed by atoms with Gasteiger partial charge in [0.15, 0.2) is 5.78 Å². The second kappa shape index (κ2) is 3.18. The lowest BCUT2D eigenvalue weighted by Crippen LogP contribution is -2.25. The molecule has 62 valence electrons. The van der Waals surface area contributed by atoms with Crippen molar-refractivity contribution < 1.29 is 9.53 Å². The minimum atomic E-state index is -0.215. The van der Waals surface area contributed by atoms with E-state index in [-0.39, 0.29) is 11.9 Å². The molecule has 0 heterocycles. The lowest BCUT2D eigenvalue weighted by molar-refractivity contribution is -0.126. The van der Waals surface area contributed by atoms with Gasteiger partial charge in [0.1, 0.15) is 6.10 Å². The first-order chi connectivity index (χ1) is 5.16. The van der Waals surface area contributed by atoms with Gasteiger partial charge in [-0.2, -0.15) is 0 Å². The topological polar surface area (TPSA) is 26.3 Å². The Morgan fingerprint density at radius 3 is 2.45 bits per heavy atom. The fourth-order valence-corrected chi connectivity index (χ4v) is 1.16. The maximum Gasteiger partial charge on any atom is 0.186 e. The molecule has 1 fully saturated rings. The largest absolute Gasteiger partial charge is 0.373 e. The summed E-state index contributed by atoms with van der Waals surface area (Å²) in [5.41, 5.74) is 0.601. The summed E-state index contributed by atoms with van der Waals surface area (Å²) in [5, 5.41) is 0. The average Bonchev–Trinajstić information content (AvgIpc) is 2.72. The lowest BCUT2D eigenvalue weighted by Gasteiger charge is -2.11. The van der Waals surface area contributed by atoms with Crippen LogP contribution in [0.3, 0.4) is 0 Å². The molecule has 0 radical (unpaired) electrons. The van der Waals surface area contributed by atoms with Crippen molar-refractivity contribution in [1.82, 2.24) is 0 Å². The Morgan fingerprint density at radius 1 is 1.64 bits per heavy atom. The van der Waals surface area contributed by atoms with Crippen LogP contribution in [-0.2, 0) is 9.53 Å². The van der Waals surface area contributed by atoms with Crippen molar-refractivity contribution in [3.63, 3.8) is 0 Å². The molecule has 1 aliphatic carbocycles. The monoisotopic (exact) mass is 154 g/mol. The van der Waals surface area contributed by atoms with E-state index in [9.17, 15) is 4.79 Å². The second-order valence-electron chi connectivity index (χ2n) is 3.14. The Morgan fingerprint density at radius 2 is 2.18 bits per heavy atom. The first kappa shape index (κ1) is 8.47. The molecule has 0 bridgehead atoms. The van der Waals surface area contributed by atoms with Gasteiger partial charge in [-0.1, -0.05) is 6.58 Å². The van der Waals surface area contributed by atoms with Gasteiger partial charge in [-0.25, -0.2) is 0 Å². The molecule has 0 spiro atoms. The van der Waals surface area contributed by atoms with Crippen LogP contribution in [0.1, 0.15) is 19.8 Å². The second-order valence-corrected chi connectivity index (χ2v) is 3.14. The molecule has 11 heavy (non-hydrogen) atoms. The van der Waals surface area contributed by atoms with Crippen molar-refractivity contribution in [1.29, 1.82) is 0 Å². The summed E-state index contributed by atoms with van der Waals surface area (Å²) >= 11 is 0. The molecule has 2 nitrogen and oxygen atoms in total. The van der Waals surface area contributed by atoms with Crippen molar-refractivity contribution in [2.45, 2.75) is 25.9 Å². The van der Waals surface area contributed by atoms with Crippen LogP contribution in [-0.4, -0.2) is 19.0 Å². The zero-order valence-corrected chi connectivity index (χ0v) is 7.09. The lowest BCUT2D eigenvalue weighted by atomic mass is 10.1. The van der Waals surface area contributed by atoms with E-state index in [0.29, 0.717) is 11.5 Å². The van der Waals surface area contributed by atoms with Crippen LogP contribution >= 0.6 is 0 Å². The van der Waals surface area contributed by atoms with E-state index >= 15 is 0 Å². The number of ketones is 1. The van der Waals surface area contributed by atoms with E-state index in [2.05, 4.69) is 6.58 Å². The number of carbonyl (C=O) groups is 1. The molecule has 1 aliphatic rings. The summed E-state index contributed by atoms with van der Waals surface area (Å²) < 4.78 is 5.09. The summed E-state index contributed by atoms with van der Waals surface area (Å²) in [4.78, 5) is 11.3. The van der Waals surface area contributed by atoms with Crippen molar-refractivity contribution in [3.8, 4) is 0 Å². The van der Waals surface area contributed by atoms with E-state index in [4.69, 9.17) is 4.74 Å². The normalized spacial score (nSPS) is 19.5. The third-order valence-electron chi connectivity index (χ3n) is 1.98. The molecule has 0 aromatic carbocycles. The summed E-state index contributed by atoms with van der Waals surface area (Å²) in [5.74, 6) is 0.527. The third kappa shape index (κ3) is 1.90. The summed E-state index contributed by atoms with van der Waals surface area (Å²) in [6.07, 6.45) is 2.03. The SMILES string of the molecule is C=C(C)C(=O)C(OC)C1CC1. The summed E-state index contributed by atoms with van der Waals surface area (Å²) in [6, 6.07) is 0. The van der Waals surface area contributed by atoms with Crippen molar-refractivity contribution >= 4 is 5.78 Å². The molecule has 0 N–H and O–H groups in total. The summed E-state index contributed by atoms with van der Waals surface area (Å²) in [6.45, 7) is 5.34. The van der Waals surface area contributed by atoms with Crippen LogP contribution in [0.4, 0.5) is 0 Å². The predicted molar refractivity (Wildman–Crippen MR) is 43.3 cm³/mol. The molecule has 0 aliphatic heterocycles. The molecule has 1 atom stereocenters. The van der Waals surface area contributed by atoms with E-state index in [0.717, 1.165) is 12.8 Å². The Bertz CT molecular complexity index is 180. The van der Waals surface area contributed by atoms with E-state index in [1.54, 1.807) is 14.0 Å². The minimum Gasteiger partial charge on any atom is -0.373 e. The van der Waals surface area contributed by atoms with E-state index < -0.39 is 0 Å². The maximum absolute atomic E-state index is 11.3. The predicted octanol–water partition coefficient (Wildman–Crippen LogP) is 1.56. The fraction of sp³-hybridized carbons (Fsp3) is 0.667. The van der Waals surface area contributed by atoms with Gasteiger partial charge < -0.3 is 4.74 Å². The number of methoxy groups -OCH3 is 1. The molecular weight excluding hydrogens is 140 g/mol. The Hall–Kier alpha value is -0.630. The van der Waals surface area contributed by atoms with Gasteiger partial charge in [0.25, 0.3) is 0 Å². The quantitative estimate of drug-likeness (QED) is 0.574. The van der Waals surface area contributed by atoms with Crippen molar-refractivity contribution in [2.75, 3.05) is 7.11 Å². The molecular formula is C9H14O2. The molecule has 1 saturated carbocycles. The van der Waals surface area contributed by atoms with Crippen LogP contribution in [0.25, 0.3) is 0 Å². The fourth-order valence-electron chi connectivity index (χ4n) is 1.16. The van der Waals surface area contributed by atoms with E-state index in [1.165, 1.54) is 0 Å². The molecule has 0 amide bonds. The van der Waals surface area contributed by atoms with Gasteiger partial charge in [-0.15, -0.1) is 0 Å². The molecule has 2 heteroatoms. The van der Waals surface area contributed by atoms with Gasteiger partial charge in [-0.05, 0) is 31.3 Å². The van der Waals surface area contributed by atoms with Gasteiger partial charge in [0.05, 0.1) is 0 Å². The molecule has 1 unspecified atom stereocenters.